The van der Waals surface area contributed by atoms with Crippen molar-refractivity contribution >= 4 is 17.1 Å². The summed E-state index contributed by atoms with van der Waals surface area (Å²) in [6.07, 6.45) is 2.00. The zero-order valence-corrected chi connectivity index (χ0v) is 18.5. The van der Waals surface area contributed by atoms with Gasteiger partial charge in [0.25, 0.3) is 0 Å². The van der Waals surface area contributed by atoms with Crippen molar-refractivity contribution in [2.75, 3.05) is 16.4 Å². The Morgan fingerprint density at radius 2 is 1.40 bits per heavy atom. The van der Waals surface area contributed by atoms with Crippen LogP contribution in [0.3, 0.4) is 0 Å². The number of nitrogens with zero attached hydrogens (tertiary/aromatic N) is 2. The minimum Gasteiger partial charge on any atom is -0.340 e. The third kappa shape index (κ3) is 3.73. The number of para-hydroxylation sites is 1. The molecule has 3 heteroatoms. The first-order chi connectivity index (χ1) is 14.5. The van der Waals surface area contributed by atoms with Crippen LogP contribution in [0.15, 0.2) is 72.9 Å². The molecule has 0 saturated carbocycles. The summed E-state index contributed by atoms with van der Waals surface area (Å²) in [4.78, 5) is 4.58. The Balaban J connectivity index is 1.94. The minimum atomic E-state index is -0.243. The van der Waals surface area contributed by atoms with Gasteiger partial charge in [0.2, 0.25) is 6.35 Å². The molecule has 3 aromatic carbocycles. The highest BCUT2D eigenvalue weighted by Gasteiger charge is 2.36. The standard InChI is InChI=1S/C27H30N2O/c1-6-30-27-28(23-13-8-7-9-14-23)18-25(26-21(4)11-10-12-22(26)5)29(27)24-16-19(2)15-20(3)17-24/h7-18,27H,6H2,1-5H3. The van der Waals surface area contributed by atoms with Crippen molar-refractivity contribution in [1.82, 2.24) is 0 Å². The molecule has 0 radical (unpaired) electrons. The largest absolute Gasteiger partial charge is 0.340 e. The molecular formula is C27H30N2O. The van der Waals surface area contributed by atoms with E-state index in [2.05, 4.69) is 111 Å². The van der Waals surface area contributed by atoms with Crippen LogP contribution in [0.25, 0.3) is 5.70 Å². The van der Waals surface area contributed by atoms with Crippen LogP contribution in [-0.2, 0) is 4.74 Å². The van der Waals surface area contributed by atoms with Crippen molar-refractivity contribution < 1.29 is 4.74 Å². The molecule has 3 nitrogen and oxygen atoms in total. The van der Waals surface area contributed by atoms with Crippen LogP contribution in [0.2, 0.25) is 0 Å². The lowest BCUT2D eigenvalue weighted by Gasteiger charge is -2.34. The van der Waals surface area contributed by atoms with Crippen molar-refractivity contribution in [2.24, 2.45) is 0 Å². The van der Waals surface area contributed by atoms with Crippen LogP contribution in [-0.4, -0.2) is 13.0 Å². The van der Waals surface area contributed by atoms with Gasteiger partial charge in [0.1, 0.15) is 0 Å². The molecule has 0 spiro atoms. The second-order valence-electron chi connectivity index (χ2n) is 8.02. The van der Waals surface area contributed by atoms with E-state index in [9.17, 15) is 0 Å². The third-order valence-electron chi connectivity index (χ3n) is 5.57. The topological polar surface area (TPSA) is 15.7 Å². The Kier molecular flexibility index (Phi) is 5.65. The van der Waals surface area contributed by atoms with E-state index in [4.69, 9.17) is 4.74 Å². The molecule has 0 saturated heterocycles. The predicted octanol–water partition coefficient (Wildman–Crippen LogP) is 6.57. The second kappa shape index (κ2) is 8.37. The summed E-state index contributed by atoms with van der Waals surface area (Å²) in [5.74, 6) is 0. The number of aryl methyl sites for hydroxylation is 4. The van der Waals surface area contributed by atoms with Gasteiger partial charge >= 0.3 is 0 Å². The average molecular weight is 399 g/mol. The van der Waals surface area contributed by atoms with Crippen LogP contribution in [0.1, 0.15) is 34.7 Å². The van der Waals surface area contributed by atoms with Gasteiger partial charge < -0.3 is 9.64 Å². The van der Waals surface area contributed by atoms with Gasteiger partial charge in [-0.3, -0.25) is 4.90 Å². The maximum atomic E-state index is 6.35. The SMILES string of the molecule is CCOC1N(c2ccccc2)C=C(c2c(C)cccc2C)N1c1cc(C)cc(C)c1. The molecule has 0 aliphatic carbocycles. The monoisotopic (exact) mass is 398 g/mol. The molecule has 0 amide bonds. The second-order valence-corrected chi connectivity index (χ2v) is 8.02. The van der Waals surface area contributed by atoms with Crippen molar-refractivity contribution in [3.63, 3.8) is 0 Å². The molecule has 1 atom stereocenters. The van der Waals surface area contributed by atoms with E-state index in [-0.39, 0.29) is 6.35 Å². The molecule has 30 heavy (non-hydrogen) atoms. The van der Waals surface area contributed by atoms with Gasteiger partial charge in [-0.2, -0.15) is 0 Å². The summed E-state index contributed by atoms with van der Waals surface area (Å²) >= 11 is 0. The summed E-state index contributed by atoms with van der Waals surface area (Å²) in [5.41, 5.74) is 9.72. The van der Waals surface area contributed by atoms with Crippen molar-refractivity contribution in [1.29, 1.82) is 0 Å². The van der Waals surface area contributed by atoms with Gasteiger partial charge in [-0.1, -0.05) is 42.5 Å². The van der Waals surface area contributed by atoms with Gasteiger partial charge in [0, 0.05) is 29.7 Å². The van der Waals surface area contributed by atoms with Crippen LogP contribution in [0, 0.1) is 27.7 Å². The summed E-state index contributed by atoms with van der Waals surface area (Å²) < 4.78 is 6.35. The molecule has 0 bridgehead atoms. The number of benzene rings is 3. The van der Waals surface area contributed by atoms with Crippen molar-refractivity contribution in [3.05, 3.63) is 101 Å². The van der Waals surface area contributed by atoms with Crippen molar-refractivity contribution in [3.8, 4) is 0 Å². The Morgan fingerprint density at radius 3 is 2.00 bits per heavy atom. The number of hydrogen-bond donors (Lipinski definition) is 0. The maximum absolute atomic E-state index is 6.35. The molecule has 1 heterocycles. The Bertz CT molecular complexity index is 1030. The number of rotatable bonds is 5. The van der Waals surface area contributed by atoms with Gasteiger partial charge in [0.15, 0.2) is 0 Å². The molecule has 154 valence electrons. The Hall–Kier alpha value is -3.04. The van der Waals surface area contributed by atoms with Crippen LogP contribution in [0.4, 0.5) is 11.4 Å². The zero-order chi connectivity index (χ0) is 21.3. The number of anilines is 2. The van der Waals surface area contributed by atoms with E-state index in [1.54, 1.807) is 0 Å². The number of hydrogen-bond acceptors (Lipinski definition) is 3. The lowest BCUT2D eigenvalue weighted by Crippen LogP contribution is -2.42. The molecule has 0 N–H and O–H groups in total. The first kappa shape index (κ1) is 20.2. The van der Waals surface area contributed by atoms with Crippen LogP contribution < -0.4 is 9.80 Å². The van der Waals surface area contributed by atoms with E-state index in [0.717, 1.165) is 17.1 Å². The lowest BCUT2D eigenvalue weighted by atomic mass is 9.99. The molecule has 1 unspecified atom stereocenters. The highest BCUT2D eigenvalue weighted by Crippen LogP contribution is 2.40. The van der Waals surface area contributed by atoms with Crippen LogP contribution >= 0.6 is 0 Å². The van der Waals surface area contributed by atoms with Crippen LogP contribution in [0.5, 0.6) is 0 Å². The summed E-state index contributed by atoms with van der Waals surface area (Å²) in [6, 6.07) is 23.7. The van der Waals surface area contributed by atoms with E-state index >= 15 is 0 Å². The molecule has 1 aliphatic heterocycles. The van der Waals surface area contributed by atoms with Gasteiger partial charge in [-0.25, -0.2) is 0 Å². The molecular weight excluding hydrogens is 368 g/mol. The Morgan fingerprint density at radius 1 is 0.767 bits per heavy atom. The maximum Gasteiger partial charge on any atom is 0.218 e. The smallest absolute Gasteiger partial charge is 0.218 e. The predicted molar refractivity (Wildman–Crippen MR) is 127 cm³/mol. The highest BCUT2D eigenvalue weighted by atomic mass is 16.5. The summed E-state index contributed by atoms with van der Waals surface area (Å²) in [5, 5.41) is 0. The van der Waals surface area contributed by atoms with E-state index < -0.39 is 0 Å². The van der Waals surface area contributed by atoms with Gasteiger partial charge in [0.05, 0.1) is 5.70 Å². The quantitative estimate of drug-likeness (QED) is 0.484. The molecule has 0 fully saturated rings. The van der Waals surface area contributed by atoms with Crippen molar-refractivity contribution in [2.45, 2.75) is 41.0 Å². The number of ether oxygens (including phenoxy) is 1. The van der Waals surface area contributed by atoms with E-state index in [1.807, 2.05) is 6.07 Å². The fourth-order valence-corrected chi connectivity index (χ4v) is 4.37. The first-order valence-corrected chi connectivity index (χ1v) is 10.6. The average Bonchev–Trinajstić information content (AvgIpc) is 3.07. The lowest BCUT2D eigenvalue weighted by molar-refractivity contribution is 0.0762. The molecule has 1 aliphatic rings. The normalized spacial score (nSPS) is 16.2. The Labute approximate surface area is 180 Å². The first-order valence-electron chi connectivity index (χ1n) is 10.6. The molecule has 4 rings (SSSR count). The third-order valence-corrected chi connectivity index (χ3v) is 5.57. The summed E-state index contributed by atoms with van der Waals surface area (Å²) in [6.45, 7) is 11.4. The fraction of sp³-hybridized carbons (Fsp3) is 0.259. The fourth-order valence-electron chi connectivity index (χ4n) is 4.37. The molecule has 3 aromatic rings. The van der Waals surface area contributed by atoms with E-state index in [0.29, 0.717) is 6.61 Å². The van der Waals surface area contributed by atoms with Gasteiger partial charge in [-0.15, -0.1) is 0 Å². The van der Waals surface area contributed by atoms with Gasteiger partial charge in [-0.05, 0) is 81.1 Å². The zero-order valence-electron chi connectivity index (χ0n) is 18.5. The van der Waals surface area contributed by atoms with E-state index in [1.165, 1.54) is 27.8 Å². The highest BCUT2D eigenvalue weighted by molar-refractivity contribution is 5.88. The molecule has 0 aromatic heterocycles. The summed E-state index contributed by atoms with van der Waals surface area (Å²) in [7, 11) is 0. The minimum absolute atomic E-state index is 0.243.